The Kier molecular flexibility index (Phi) is 6.62. The molecule has 0 saturated carbocycles. The van der Waals surface area contributed by atoms with E-state index in [1.165, 1.54) is 6.07 Å². The van der Waals surface area contributed by atoms with Crippen molar-refractivity contribution in [2.75, 3.05) is 13.2 Å². The van der Waals surface area contributed by atoms with Crippen LogP contribution >= 0.6 is 11.6 Å². The van der Waals surface area contributed by atoms with Crippen LogP contribution in [-0.4, -0.2) is 32.6 Å². The van der Waals surface area contributed by atoms with Gasteiger partial charge in [-0.05, 0) is 30.3 Å². The minimum Gasteiger partial charge on any atom is -0.489 e. The summed E-state index contributed by atoms with van der Waals surface area (Å²) in [6, 6.07) is 2.07. The second-order valence-electron chi connectivity index (χ2n) is 6.88. The van der Waals surface area contributed by atoms with E-state index in [0.717, 1.165) is 6.07 Å². The first-order valence-electron chi connectivity index (χ1n) is 7.45. The molecule has 0 aliphatic heterocycles. The number of carboxylic acids is 1. The molecule has 1 N–H and O–H groups in total. The number of benzene rings is 1. The fourth-order valence-electron chi connectivity index (χ4n) is 1.60. The van der Waals surface area contributed by atoms with Gasteiger partial charge < -0.3 is 14.3 Å². The molecule has 1 aromatic carbocycles. The van der Waals surface area contributed by atoms with Gasteiger partial charge in [-0.1, -0.05) is 32.4 Å². The quantitative estimate of drug-likeness (QED) is 0.549. The lowest BCUT2D eigenvalue weighted by Crippen LogP contribution is -2.41. The minimum absolute atomic E-state index is 0.0484. The van der Waals surface area contributed by atoms with Crippen molar-refractivity contribution in [3.63, 3.8) is 0 Å². The van der Waals surface area contributed by atoms with Gasteiger partial charge in [0.25, 0.3) is 0 Å². The van der Waals surface area contributed by atoms with E-state index < -0.39 is 20.1 Å². The van der Waals surface area contributed by atoms with Crippen LogP contribution in [0.3, 0.4) is 0 Å². The molecule has 1 rings (SSSR count). The fraction of sp³-hybridized carbons (Fsp3) is 0.562. The highest BCUT2D eigenvalue weighted by atomic mass is 35.5. The number of hydrogen-bond donors (Lipinski definition) is 1. The summed E-state index contributed by atoms with van der Waals surface area (Å²) in [4.78, 5) is 10.8. The summed E-state index contributed by atoms with van der Waals surface area (Å²) < 4.78 is 25.2. The van der Waals surface area contributed by atoms with Crippen LogP contribution in [0.1, 0.15) is 37.6 Å². The molecule has 0 aliphatic carbocycles. The van der Waals surface area contributed by atoms with Crippen molar-refractivity contribution in [1.82, 2.24) is 0 Å². The number of rotatable bonds is 7. The van der Waals surface area contributed by atoms with E-state index in [1.54, 1.807) is 0 Å². The van der Waals surface area contributed by atoms with E-state index in [9.17, 15) is 9.18 Å². The maximum absolute atomic E-state index is 13.8. The first kappa shape index (κ1) is 19.9. The first-order valence-corrected chi connectivity index (χ1v) is 10.7. The predicted molar refractivity (Wildman–Crippen MR) is 91.6 cm³/mol. The summed E-state index contributed by atoms with van der Waals surface area (Å²) >= 11 is 5.87. The van der Waals surface area contributed by atoms with Crippen LogP contribution in [0.15, 0.2) is 12.1 Å². The van der Waals surface area contributed by atoms with Crippen LogP contribution in [0.2, 0.25) is 23.2 Å². The van der Waals surface area contributed by atoms with Gasteiger partial charge in [0.05, 0.1) is 17.2 Å². The Labute approximate surface area is 142 Å². The normalized spacial score (nSPS) is 12.3. The Morgan fingerprint density at radius 3 is 2.39 bits per heavy atom. The number of carboxylic acid groups (broad SMARTS) is 1. The maximum Gasteiger partial charge on any atom is 0.335 e. The van der Waals surface area contributed by atoms with E-state index in [2.05, 4.69) is 33.9 Å². The molecule has 0 spiro atoms. The molecule has 0 aromatic heterocycles. The largest absolute Gasteiger partial charge is 0.489 e. The lowest BCUT2D eigenvalue weighted by atomic mass is 10.2. The molecule has 0 atom stereocenters. The highest BCUT2D eigenvalue weighted by molar-refractivity contribution is 6.74. The van der Waals surface area contributed by atoms with Gasteiger partial charge in [0.15, 0.2) is 19.9 Å². The standard InChI is InChI=1S/C16H24ClFO4Si/c1-16(2,3)23(4,5)22-8-6-7-21-14-12(17)9-11(15(19)20)10-13(14)18/h9-10H,6-8H2,1-5H3,(H,19,20). The lowest BCUT2D eigenvalue weighted by molar-refractivity contribution is 0.0696. The second-order valence-corrected chi connectivity index (χ2v) is 12.1. The van der Waals surface area contributed by atoms with Crippen molar-refractivity contribution < 1.29 is 23.5 Å². The third-order valence-electron chi connectivity index (χ3n) is 4.05. The molecule has 0 saturated heterocycles. The zero-order valence-electron chi connectivity index (χ0n) is 14.2. The average molecular weight is 363 g/mol. The highest BCUT2D eigenvalue weighted by Crippen LogP contribution is 2.36. The minimum atomic E-state index is -1.80. The summed E-state index contributed by atoms with van der Waals surface area (Å²) in [7, 11) is -1.80. The van der Waals surface area contributed by atoms with Crippen molar-refractivity contribution in [2.24, 2.45) is 0 Å². The molecule has 0 aliphatic rings. The predicted octanol–water partition coefficient (Wildman–Crippen LogP) is 4.97. The molecule has 130 valence electrons. The number of hydrogen-bond acceptors (Lipinski definition) is 3. The summed E-state index contributed by atoms with van der Waals surface area (Å²) in [6.45, 7) is 11.6. The summed E-state index contributed by atoms with van der Waals surface area (Å²) in [5.41, 5.74) is -0.207. The molecule has 0 heterocycles. The van der Waals surface area contributed by atoms with Crippen molar-refractivity contribution >= 4 is 25.9 Å². The van der Waals surface area contributed by atoms with E-state index in [0.29, 0.717) is 13.0 Å². The Bertz CT molecular complexity index is 547. The van der Waals surface area contributed by atoms with E-state index in [1.807, 2.05) is 0 Å². The molecule has 0 unspecified atom stereocenters. The number of ether oxygens (including phenoxy) is 1. The molecule has 0 fully saturated rings. The summed E-state index contributed by atoms with van der Waals surface area (Å²) in [6.07, 6.45) is 0.600. The van der Waals surface area contributed by atoms with Crippen LogP contribution in [0.4, 0.5) is 4.39 Å². The molecule has 0 amide bonds. The lowest BCUT2D eigenvalue weighted by Gasteiger charge is -2.36. The van der Waals surface area contributed by atoms with Crippen molar-refractivity contribution in [2.45, 2.75) is 45.3 Å². The topological polar surface area (TPSA) is 55.8 Å². The van der Waals surface area contributed by atoms with Gasteiger partial charge in [-0.15, -0.1) is 0 Å². The molecule has 4 nitrogen and oxygen atoms in total. The van der Waals surface area contributed by atoms with E-state index in [4.69, 9.17) is 25.9 Å². The second kappa shape index (κ2) is 7.64. The van der Waals surface area contributed by atoms with E-state index in [-0.39, 0.29) is 28.0 Å². The van der Waals surface area contributed by atoms with Gasteiger partial charge >= 0.3 is 5.97 Å². The van der Waals surface area contributed by atoms with Crippen LogP contribution < -0.4 is 4.74 Å². The summed E-state index contributed by atoms with van der Waals surface area (Å²) in [5.74, 6) is -2.13. The smallest absolute Gasteiger partial charge is 0.335 e. The number of aromatic carboxylic acids is 1. The van der Waals surface area contributed by atoms with Crippen LogP contribution in [-0.2, 0) is 4.43 Å². The third kappa shape index (κ3) is 5.48. The SMILES string of the molecule is CC(C)(C)[Si](C)(C)OCCCOc1c(F)cc(C(=O)O)cc1Cl. The van der Waals surface area contributed by atoms with Crippen LogP contribution in [0.5, 0.6) is 5.75 Å². The molecule has 0 bridgehead atoms. The van der Waals surface area contributed by atoms with Crippen LogP contribution in [0.25, 0.3) is 0 Å². The molecule has 23 heavy (non-hydrogen) atoms. The monoisotopic (exact) mass is 362 g/mol. The van der Waals surface area contributed by atoms with E-state index >= 15 is 0 Å². The number of halogens is 2. The maximum atomic E-state index is 13.8. The average Bonchev–Trinajstić information content (AvgIpc) is 2.39. The Morgan fingerprint density at radius 1 is 1.30 bits per heavy atom. The molecule has 0 radical (unpaired) electrons. The molecular formula is C16H24ClFO4Si. The van der Waals surface area contributed by atoms with Gasteiger partial charge in [-0.2, -0.15) is 0 Å². The van der Waals surface area contributed by atoms with Gasteiger partial charge in [0.2, 0.25) is 0 Å². The Balaban J connectivity index is 2.53. The molecule has 1 aromatic rings. The van der Waals surface area contributed by atoms with Gasteiger partial charge in [-0.3, -0.25) is 0 Å². The van der Waals surface area contributed by atoms with Crippen molar-refractivity contribution in [3.8, 4) is 5.75 Å². The first-order chi connectivity index (χ1) is 10.5. The zero-order valence-corrected chi connectivity index (χ0v) is 16.0. The zero-order chi connectivity index (χ0) is 17.8. The van der Waals surface area contributed by atoms with Gasteiger partial charge in [0.1, 0.15) is 0 Å². The van der Waals surface area contributed by atoms with Gasteiger partial charge in [-0.25, -0.2) is 9.18 Å². The van der Waals surface area contributed by atoms with Crippen molar-refractivity contribution in [1.29, 1.82) is 0 Å². The molecular weight excluding hydrogens is 339 g/mol. The van der Waals surface area contributed by atoms with Gasteiger partial charge in [0, 0.05) is 13.0 Å². The van der Waals surface area contributed by atoms with Crippen molar-refractivity contribution in [3.05, 3.63) is 28.5 Å². The Morgan fingerprint density at radius 2 is 1.91 bits per heavy atom. The van der Waals surface area contributed by atoms with Crippen LogP contribution in [0, 0.1) is 5.82 Å². The highest BCUT2D eigenvalue weighted by Gasteiger charge is 2.36. The number of carbonyl (C=O) groups is 1. The fourth-order valence-corrected chi connectivity index (χ4v) is 2.95. The molecule has 7 heteroatoms. The Hall–Kier alpha value is -1.11. The third-order valence-corrected chi connectivity index (χ3v) is 8.87. The summed E-state index contributed by atoms with van der Waals surface area (Å²) in [5, 5.41) is 8.92.